The molecule has 0 aliphatic carbocycles. The van der Waals surface area contributed by atoms with E-state index < -0.39 is 0 Å². The molecule has 0 N–H and O–H groups in total. The highest BCUT2D eigenvalue weighted by Gasteiger charge is 1.96. The lowest BCUT2D eigenvalue weighted by Crippen LogP contribution is -1.84. The van der Waals surface area contributed by atoms with Gasteiger partial charge in [0.1, 0.15) is 0 Å². The number of hydrogen-bond acceptors (Lipinski definition) is 1. The van der Waals surface area contributed by atoms with Gasteiger partial charge in [-0.3, -0.25) is 0 Å². The van der Waals surface area contributed by atoms with Crippen molar-refractivity contribution in [2.75, 3.05) is 0 Å². The van der Waals surface area contributed by atoms with E-state index in [1.54, 1.807) is 0 Å². The van der Waals surface area contributed by atoms with Crippen LogP contribution in [-0.2, 0) is 0 Å². The summed E-state index contributed by atoms with van der Waals surface area (Å²) in [5.74, 6) is 0. The van der Waals surface area contributed by atoms with Gasteiger partial charge in [-0.2, -0.15) is 5.26 Å². The quantitative estimate of drug-likeness (QED) is 0.329. The average Bonchev–Trinajstić information content (AvgIpc) is 2.34. The number of nitrogens with zero attached hydrogens (tertiary/aromatic N) is 1. The molecular formula is C16H29N. The smallest absolute Gasteiger partial charge is 0.0666 e. The Bertz CT molecular complexity index is 222. The minimum Gasteiger partial charge on any atom is -0.198 e. The van der Waals surface area contributed by atoms with E-state index in [1.165, 1.54) is 63.4 Å². The van der Waals surface area contributed by atoms with E-state index in [4.69, 9.17) is 5.26 Å². The van der Waals surface area contributed by atoms with Gasteiger partial charge in [0.05, 0.1) is 12.5 Å². The van der Waals surface area contributed by atoms with E-state index >= 15 is 0 Å². The first-order chi connectivity index (χ1) is 8.35. The fraction of sp³-hybridized carbons (Fsp3) is 0.812. The third kappa shape index (κ3) is 11.5. The summed E-state index contributed by atoms with van der Waals surface area (Å²) in [7, 11) is 0. The van der Waals surface area contributed by atoms with Gasteiger partial charge >= 0.3 is 0 Å². The first-order valence-corrected chi connectivity index (χ1v) is 7.40. The molecule has 17 heavy (non-hydrogen) atoms. The Hall–Kier alpha value is -0.770. The molecule has 0 aromatic carbocycles. The first kappa shape index (κ1) is 16.2. The summed E-state index contributed by atoms with van der Waals surface area (Å²) in [5.41, 5.74) is 1.36. The van der Waals surface area contributed by atoms with Gasteiger partial charge in [0, 0.05) is 0 Å². The van der Waals surface area contributed by atoms with E-state index in [-0.39, 0.29) is 0 Å². The summed E-state index contributed by atoms with van der Waals surface area (Å²) in [6, 6.07) is 2.28. The highest BCUT2D eigenvalue weighted by Crippen LogP contribution is 2.14. The fourth-order valence-corrected chi connectivity index (χ4v) is 2.00. The van der Waals surface area contributed by atoms with E-state index in [0.29, 0.717) is 6.42 Å². The third-order valence-corrected chi connectivity index (χ3v) is 3.15. The van der Waals surface area contributed by atoms with Crippen LogP contribution in [0.15, 0.2) is 11.6 Å². The van der Waals surface area contributed by atoms with Gasteiger partial charge in [-0.1, -0.05) is 64.0 Å². The minimum atomic E-state index is 0.635. The Labute approximate surface area is 108 Å². The van der Waals surface area contributed by atoms with Crippen LogP contribution in [0.25, 0.3) is 0 Å². The summed E-state index contributed by atoms with van der Waals surface area (Å²) in [6.07, 6.45) is 15.8. The minimum absolute atomic E-state index is 0.635. The zero-order valence-corrected chi connectivity index (χ0v) is 11.8. The van der Waals surface area contributed by atoms with Gasteiger partial charge < -0.3 is 0 Å². The van der Waals surface area contributed by atoms with Crippen LogP contribution in [0.5, 0.6) is 0 Å². The Morgan fingerprint density at radius 2 is 1.59 bits per heavy atom. The molecule has 1 heteroatoms. The van der Waals surface area contributed by atoms with Crippen LogP contribution in [-0.4, -0.2) is 0 Å². The number of hydrogen-bond donors (Lipinski definition) is 0. The zero-order valence-electron chi connectivity index (χ0n) is 11.8. The van der Waals surface area contributed by atoms with Crippen molar-refractivity contribution in [2.45, 2.75) is 84.5 Å². The second-order valence-corrected chi connectivity index (χ2v) is 4.86. The normalized spacial score (nSPS) is 11.5. The number of allylic oxidation sites excluding steroid dienone is 2. The van der Waals surface area contributed by atoms with E-state index in [9.17, 15) is 0 Å². The zero-order chi connectivity index (χ0) is 12.8. The van der Waals surface area contributed by atoms with Gasteiger partial charge in [0.15, 0.2) is 0 Å². The molecule has 1 nitrogen and oxygen atoms in total. The molecule has 0 aliphatic rings. The van der Waals surface area contributed by atoms with Crippen molar-refractivity contribution in [3.63, 3.8) is 0 Å². The van der Waals surface area contributed by atoms with Crippen molar-refractivity contribution in [2.24, 2.45) is 0 Å². The predicted molar refractivity (Wildman–Crippen MR) is 75.8 cm³/mol. The molecule has 0 aromatic heterocycles. The molecule has 0 aromatic rings. The molecule has 0 rings (SSSR count). The first-order valence-electron chi connectivity index (χ1n) is 7.40. The lowest BCUT2D eigenvalue weighted by Gasteiger charge is -2.03. The maximum Gasteiger partial charge on any atom is 0.0666 e. The van der Waals surface area contributed by atoms with Gasteiger partial charge in [0.2, 0.25) is 0 Å². The van der Waals surface area contributed by atoms with Crippen LogP contribution >= 0.6 is 0 Å². The molecule has 0 radical (unpaired) electrons. The topological polar surface area (TPSA) is 23.8 Å². The highest BCUT2D eigenvalue weighted by molar-refractivity contribution is 5.07. The SMILES string of the molecule is CCCCCCCCC=C(CC#N)CCCC. The van der Waals surface area contributed by atoms with Crippen molar-refractivity contribution in [1.82, 2.24) is 0 Å². The summed E-state index contributed by atoms with van der Waals surface area (Å²) >= 11 is 0. The second kappa shape index (κ2) is 13.3. The van der Waals surface area contributed by atoms with Crippen LogP contribution in [0, 0.1) is 11.3 Å². The standard InChI is InChI=1S/C16H29N/c1-3-5-7-8-9-10-11-13-16(14-15-17)12-6-4-2/h13H,3-12,14H2,1-2H3. The highest BCUT2D eigenvalue weighted by atomic mass is 14.2. The molecule has 98 valence electrons. The van der Waals surface area contributed by atoms with Gasteiger partial charge in [-0.15, -0.1) is 0 Å². The van der Waals surface area contributed by atoms with Crippen molar-refractivity contribution in [1.29, 1.82) is 5.26 Å². The van der Waals surface area contributed by atoms with E-state index in [0.717, 1.165) is 6.42 Å². The monoisotopic (exact) mass is 235 g/mol. The molecule has 0 heterocycles. The molecule has 0 amide bonds. The largest absolute Gasteiger partial charge is 0.198 e. The third-order valence-electron chi connectivity index (χ3n) is 3.15. The van der Waals surface area contributed by atoms with Crippen molar-refractivity contribution >= 4 is 0 Å². The maximum atomic E-state index is 8.74. The van der Waals surface area contributed by atoms with E-state index in [1.807, 2.05) is 0 Å². The Kier molecular flexibility index (Phi) is 12.7. The molecule has 0 atom stereocenters. The Morgan fingerprint density at radius 1 is 0.941 bits per heavy atom. The average molecular weight is 235 g/mol. The van der Waals surface area contributed by atoms with Crippen LogP contribution in [0.1, 0.15) is 84.5 Å². The van der Waals surface area contributed by atoms with Crippen molar-refractivity contribution in [3.05, 3.63) is 11.6 Å². The van der Waals surface area contributed by atoms with Crippen molar-refractivity contribution < 1.29 is 0 Å². The van der Waals surface area contributed by atoms with Crippen LogP contribution in [0.4, 0.5) is 0 Å². The summed E-state index contributed by atoms with van der Waals surface area (Å²) in [5, 5.41) is 8.74. The fourth-order valence-electron chi connectivity index (χ4n) is 2.00. The molecule has 0 aliphatic heterocycles. The molecule has 0 fully saturated rings. The van der Waals surface area contributed by atoms with Gasteiger partial charge in [-0.25, -0.2) is 0 Å². The summed E-state index contributed by atoms with van der Waals surface area (Å²) in [6.45, 7) is 4.46. The second-order valence-electron chi connectivity index (χ2n) is 4.86. The van der Waals surface area contributed by atoms with E-state index in [2.05, 4.69) is 26.0 Å². The van der Waals surface area contributed by atoms with Crippen LogP contribution in [0.2, 0.25) is 0 Å². The summed E-state index contributed by atoms with van der Waals surface area (Å²) in [4.78, 5) is 0. The molecule has 0 bridgehead atoms. The van der Waals surface area contributed by atoms with Gasteiger partial charge in [0.25, 0.3) is 0 Å². The lowest BCUT2D eigenvalue weighted by molar-refractivity contribution is 0.610. The molecule has 0 saturated carbocycles. The lowest BCUT2D eigenvalue weighted by atomic mass is 10.0. The maximum absolute atomic E-state index is 8.74. The van der Waals surface area contributed by atoms with Gasteiger partial charge in [-0.05, 0) is 25.7 Å². The number of nitriles is 1. The molecular weight excluding hydrogens is 206 g/mol. The van der Waals surface area contributed by atoms with Crippen LogP contribution < -0.4 is 0 Å². The number of rotatable bonds is 11. The molecule has 0 saturated heterocycles. The predicted octanol–water partition coefficient (Wildman–Crippen LogP) is 5.77. The Morgan fingerprint density at radius 3 is 2.24 bits per heavy atom. The van der Waals surface area contributed by atoms with Crippen molar-refractivity contribution in [3.8, 4) is 6.07 Å². The van der Waals surface area contributed by atoms with Crippen LogP contribution in [0.3, 0.4) is 0 Å². The number of unbranched alkanes of at least 4 members (excludes halogenated alkanes) is 7. The molecule has 0 unspecified atom stereocenters. The Balaban J connectivity index is 3.58. The summed E-state index contributed by atoms with van der Waals surface area (Å²) < 4.78 is 0. The molecule has 0 spiro atoms.